The first-order valence-electron chi connectivity index (χ1n) is 6.02. The fourth-order valence-electron chi connectivity index (χ4n) is 2.05. The molecule has 1 aliphatic heterocycles. The lowest BCUT2D eigenvalue weighted by atomic mass is 10.1. The van der Waals surface area contributed by atoms with Crippen molar-refractivity contribution >= 4 is 40.0 Å². The number of hydrogen-bond donors (Lipinski definition) is 2. The van der Waals surface area contributed by atoms with Crippen LogP contribution in [0.15, 0.2) is 41.3 Å². The Morgan fingerprint density at radius 2 is 2.00 bits per heavy atom. The molecule has 2 heterocycles. The average molecular weight is 305 g/mol. The van der Waals surface area contributed by atoms with Crippen LogP contribution in [0.1, 0.15) is 15.2 Å². The molecule has 20 heavy (non-hydrogen) atoms. The van der Waals surface area contributed by atoms with Crippen molar-refractivity contribution in [3.05, 3.63) is 46.8 Å². The molecule has 102 valence electrons. The maximum Gasteiger partial charge on any atom is 0.345 e. The molecular weight excluding hydrogens is 294 g/mol. The Bertz CT molecular complexity index is 656. The summed E-state index contributed by atoms with van der Waals surface area (Å²) in [6, 6.07) is 11.1. The molecule has 2 N–H and O–H groups in total. The lowest BCUT2D eigenvalue weighted by Gasteiger charge is -2.07. The van der Waals surface area contributed by atoms with Gasteiger partial charge in [0, 0.05) is 4.90 Å². The topological polar surface area (TPSA) is 66.4 Å². The summed E-state index contributed by atoms with van der Waals surface area (Å²) >= 11 is 2.62. The van der Waals surface area contributed by atoms with Gasteiger partial charge >= 0.3 is 5.97 Å². The summed E-state index contributed by atoms with van der Waals surface area (Å²) in [6.45, 7) is 0. The smallest absolute Gasteiger partial charge is 0.345 e. The van der Waals surface area contributed by atoms with Gasteiger partial charge in [0.15, 0.2) is 0 Å². The van der Waals surface area contributed by atoms with Gasteiger partial charge in [-0.05, 0) is 30.2 Å². The maximum absolute atomic E-state index is 12.2. The molecule has 1 aromatic carbocycles. The highest BCUT2D eigenvalue weighted by molar-refractivity contribution is 8.01. The second kappa shape index (κ2) is 5.30. The number of nitrogens with one attached hydrogen (secondary N) is 1. The molecule has 1 aromatic heterocycles. The summed E-state index contributed by atoms with van der Waals surface area (Å²) in [5.41, 5.74) is 1.19. The number of aromatic carboxylic acids is 1. The number of carbonyl (C=O) groups is 2. The highest BCUT2D eigenvalue weighted by Gasteiger charge is 2.28. The van der Waals surface area contributed by atoms with E-state index in [0.29, 0.717) is 11.4 Å². The number of rotatable bonds is 3. The maximum atomic E-state index is 12.2. The molecule has 1 atom stereocenters. The number of carbonyl (C=O) groups excluding carboxylic acids is 1. The number of benzene rings is 1. The number of thiophene rings is 1. The third-order valence-electron chi connectivity index (χ3n) is 3.00. The van der Waals surface area contributed by atoms with Crippen molar-refractivity contribution in [1.82, 2.24) is 0 Å². The number of hydrogen-bond acceptors (Lipinski definition) is 4. The Hall–Kier alpha value is -1.79. The van der Waals surface area contributed by atoms with E-state index in [2.05, 4.69) is 5.32 Å². The van der Waals surface area contributed by atoms with Gasteiger partial charge in [0.1, 0.15) is 4.88 Å². The number of amides is 1. The van der Waals surface area contributed by atoms with Crippen molar-refractivity contribution in [2.75, 3.05) is 5.32 Å². The molecule has 2 aromatic rings. The molecule has 0 saturated heterocycles. The number of fused-ring (bicyclic) bond motifs is 1. The van der Waals surface area contributed by atoms with Crippen LogP contribution in [0.25, 0.3) is 0 Å². The molecule has 0 radical (unpaired) electrons. The minimum Gasteiger partial charge on any atom is -0.477 e. The minimum atomic E-state index is -0.974. The minimum absolute atomic E-state index is 0.0787. The molecule has 6 heteroatoms. The lowest BCUT2D eigenvalue weighted by molar-refractivity contribution is -0.115. The van der Waals surface area contributed by atoms with Gasteiger partial charge in [-0.15, -0.1) is 23.1 Å². The quantitative estimate of drug-likeness (QED) is 0.914. The molecular formula is C14H11NO3S2. The van der Waals surface area contributed by atoms with E-state index in [1.54, 1.807) is 17.8 Å². The lowest BCUT2D eigenvalue weighted by Crippen LogP contribution is -2.24. The SMILES string of the molecule is O=C(O)c1ccc(NC(=O)C2Cc3ccccc3S2)s1. The predicted molar refractivity (Wildman–Crippen MR) is 79.7 cm³/mol. The van der Waals surface area contributed by atoms with Crippen LogP contribution in [0.3, 0.4) is 0 Å². The van der Waals surface area contributed by atoms with Crippen molar-refractivity contribution < 1.29 is 14.7 Å². The summed E-state index contributed by atoms with van der Waals surface area (Å²) < 4.78 is 0. The molecule has 0 fully saturated rings. The number of anilines is 1. The summed E-state index contributed by atoms with van der Waals surface area (Å²) in [6.07, 6.45) is 0.712. The summed E-state index contributed by atoms with van der Waals surface area (Å²) in [5, 5.41) is 12.1. The molecule has 0 spiro atoms. The van der Waals surface area contributed by atoms with Crippen LogP contribution in [0.2, 0.25) is 0 Å². The van der Waals surface area contributed by atoms with E-state index in [1.165, 1.54) is 11.6 Å². The van der Waals surface area contributed by atoms with Gasteiger partial charge in [-0.3, -0.25) is 4.79 Å². The Labute approximate surface area is 123 Å². The van der Waals surface area contributed by atoms with Crippen LogP contribution in [0.4, 0.5) is 5.00 Å². The van der Waals surface area contributed by atoms with E-state index in [1.807, 2.05) is 24.3 Å². The zero-order chi connectivity index (χ0) is 14.1. The Morgan fingerprint density at radius 1 is 1.20 bits per heavy atom. The van der Waals surface area contributed by atoms with E-state index < -0.39 is 5.97 Å². The second-order valence-corrected chi connectivity index (χ2v) is 6.70. The van der Waals surface area contributed by atoms with Crippen molar-refractivity contribution in [2.24, 2.45) is 0 Å². The molecule has 1 aliphatic rings. The van der Waals surface area contributed by atoms with Crippen LogP contribution in [-0.4, -0.2) is 22.2 Å². The van der Waals surface area contributed by atoms with Crippen LogP contribution in [-0.2, 0) is 11.2 Å². The van der Waals surface area contributed by atoms with Crippen LogP contribution < -0.4 is 5.32 Å². The summed E-state index contributed by atoms with van der Waals surface area (Å²) in [7, 11) is 0. The normalized spacial score (nSPS) is 16.7. The zero-order valence-corrected chi connectivity index (χ0v) is 12.0. The van der Waals surface area contributed by atoms with Gasteiger partial charge in [0.25, 0.3) is 0 Å². The molecule has 1 amide bonds. The number of thioether (sulfide) groups is 1. The fraction of sp³-hybridized carbons (Fsp3) is 0.143. The average Bonchev–Trinajstić information content (AvgIpc) is 3.04. The van der Waals surface area contributed by atoms with Crippen molar-refractivity contribution in [1.29, 1.82) is 0 Å². The highest BCUT2D eigenvalue weighted by Crippen LogP contribution is 2.37. The standard InChI is InChI=1S/C14H11NO3S2/c16-13(15-12-6-5-10(20-12)14(17)18)11-7-8-3-1-2-4-9(8)19-11/h1-6,11H,7H2,(H,15,16)(H,17,18). The van der Waals surface area contributed by atoms with Crippen molar-refractivity contribution in [3.8, 4) is 0 Å². The second-order valence-electron chi connectivity index (χ2n) is 4.38. The van der Waals surface area contributed by atoms with Crippen molar-refractivity contribution in [2.45, 2.75) is 16.6 Å². The Balaban J connectivity index is 1.67. The van der Waals surface area contributed by atoms with E-state index in [4.69, 9.17) is 5.11 Å². The van der Waals surface area contributed by atoms with E-state index in [0.717, 1.165) is 16.2 Å². The Morgan fingerprint density at radius 3 is 2.70 bits per heavy atom. The van der Waals surface area contributed by atoms with E-state index >= 15 is 0 Å². The largest absolute Gasteiger partial charge is 0.477 e. The van der Waals surface area contributed by atoms with Gasteiger partial charge in [0.2, 0.25) is 5.91 Å². The monoisotopic (exact) mass is 305 g/mol. The first kappa shape index (κ1) is 13.2. The van der Waals surface area contributed by atoms with Crippen molar-refractivity contribution in [3.63, 3.8) is 0 Å². The van der Waals surface area contributed by atoms with Gasteiger partial charge in [0.05, 0.1) is 10.3 Å². The summed E-state index contributed by atoms with van der Waals surface area (Å²) in [5.74, 6) is -1.05. The molecule has 1 unspecified atom stereocenters. The fourth-order valence-corrected chi connectivity index (χ4v) is 3.99. The highest BCUT2D eigenvalue weighted by atomic mass is 32.2. The number of carboxylic acid groups (broad SMARTS) is 1. The Kier molecular flexibility index (Phi) is 3.50. The predicted octanol–water partition coefficient (Wildman–Crippen LogP) is 3.10. The van der Waals surface area contributed by atoms with Gasteiger partial charge < -0.3 is 10.4 Å². The first-order chi connectivity index (χ1) is 9.63. The third-order valence-corrected chi connectivity index (χ3v) is 5.31. The van der Waals surface area contributed by atoms with Gasteiger partial charge in [-0.25, -0.2) is 4.79 Å². The summed E-state index contributed by atoms with van der Waals surface area (Å²) in [4.78, 5) is 24.4. The molecule has 0 bridgehead atoms. The van der Waals surface area contributed by atoms with Crippen LogP contribution in [0, 0.1) is 0 Å². The van der Waals surface area contributed by atoms with Crippen LogP contribution in [0.5, 0.6) is 0 Å². The van der Waals surface area contributed by atoms with Gasteiger partial charge in [-0.2, -0.15) is 0 Å². The molecule has 3 rings (SSSR count). The molecule has 0 aliphatic carbocycles. The zero-order valence-electron chi connectivity index (χ0n) is 10.3. The van der Waals surface area contributed by atoms with E-state index in [9.17, 15) is 9.59 Å². The van der Waals surface area contributed by atoms with Crippen LogP contribution >= 0.6 is 23.1 Å². The first-order valence-corrected chi connectivity index (χ1v) is 7.71. The number of carboxylic acids is 1. The van der Waals surface area contributed by atoms with E-state index in [-0.39, 0.29) is 16.0 Å². The molecule has 0 saturated carbocycles. The molecule has 4 nitrogen and oxygen atoms in total. The van der Waals surface area contributed by atoms with Gasteiger partial charge in [-0.1, -0.05) is 18.2 Å². The third kappa shape index (κ3) is 2.57.